The van der Waals surface area contributed by atoms with Crippen LogP contribution < -0.4 is 0 Å². The molecule has 1 aromatic carbocycles. The molecule has 1 fully saturated rings. The summed E-state index contributed by atoms with van der Waals surface area (Å²) in [6.45, 7) is 5.19. The second kappa shape index (κ2) is 6.74. The number of benzene rings is 1. The topological polar surface area (TPSA) is 57.6 Å². The predicted molar refractivity (Wildman–Crippen MR) is 81.5 cm³/mol. The van der Waals surface area contributed by atoms with Gasteiger partial charge in [0.2, 0.25) is 0 Å². The largest absolute Gasteiger partial charge is 0.478 e. The summed E-state index contributed by atoms with van der Waals surface area (Å²) in [6, 6.07) is 6.54. The molecule has 21 heavy (non-hydrogen) atoms. The van der Waals surface area contributed by atoms with E-state index in [2.05, 4.69) is 13.8 Å². The number of hydrogen-bond donors (Lipinski definition) is 1. The van der Waals surface area contributed by atoms with Crippen LogP contribution in [0.2, 0.25) is 0 Å². The van der Waals surface area contributed by atoms with Gasteiger partial charge >= 0.3 is 5.97 Å². The van der Waals surface area contributed by atoms with Gasteiger partial charge in [0.05, 0.1) is 5.56 Å². The van der Waals surface area contributed by atoms with E-state index >= 15 is 0 Å². The van der Waals surface area contributed by atoms with Crippen molar-refractivity contribution in [1.29, 1.82) is 0 Å². The Morgan fingerprint density at radius 1 is 1.29 bits per heavy atom. The Morgan fingerprint density at radius 3 is 2.48 bits per heavy atom. The van der Waals surface area contributed by atoms with Gasteiger partial charge in [-0.05, 0) is 49.4 Å². The maximum Gasteiger partial charge on any atom is 0.335 e. The number of rotatable bonds is 5. The molecule has 2 rings (SSSR count). The zero-order chi connectivity index (χ0) is 15.4. The number of aromatic carboxylic acids is 1. The lowest BCUT2D eigenvalue weighted by molar-refractivity contribution is 0.0679. The Kier molecular flexibility index (Phi) is 4.99. The minimum atomic E-state index is -0.968. The van der Waals surface area contributed by atoms with Gasteiger partial charge in [-0.1, -0.05) is 20.3 Å². The fraction of sp³-hybridized carbons (Fsp3) is 0.529. The smallest absolute Gasteiger partial charge is 0.335 e. The molecule has 0 saturated carbocycles. The molecule has 1 heterocycles. The van der Waals surface area contributed by atoms with Crippen LogP contribution in [0.15, 0.2) is 24.3 Å². The molecule has 2 atom stereocenters. The molecule has 0 aliphatic carbocycles. The molecule has 1 amide bonds. The molecule has 0 aromatic heterocycles. The molecule has 0 radical (unpaired) electrons. The Balaban J connectivity index is 2.12. The third kappa shape index (κ3) is 3.43. The van der Waals surface area contributed by atoms with Crippen molar-refractivity contribution in [1.82, 2.24) is 4.90 Å². The molecule has 1 aromatic rings. The molecular weight excluding hydrogens is 266 g/mol. The van der Waals surface area contributed by atoms with E-state index in [0.717, 1.165) is 32.2 Å². The monoisotopic (exact) mass is 289 g/mol. The van der Waals surface area contributed by atoms with E-state index in [9.17, 15) is 9.59 Å². The summed E-state index contributed by atoms with van der Waals surface area (Å²) in [7, 11) is 0. The van der Waals surface area contributed by atoms with E-state index in [4.69, 9.17) is 5.11 Å². The average Bonchev–Trinajstić information content (AvgIpc) is 2.96. The number of nitrogens with zero attached hydrogens (tertiary/aromatic N) is 1. The van der Waals surface area contributed by atoms with Crippen LogP contribution in [-0.2, 0) is 0 Å². The number of likely N-dealkylation sites (tertiary alicyclic amines) is 1. The van der Waals surface area contributed by atoms with E-state index in [-0.39, 0.29) is 11.5 Å². The van der Waals surface area contributed by atoms with Gasteiger partial charge in [-0.25, -0.2) is 4.79 Å². The SMILES string of the molecule is CCCC(C)C1CCCN1C(=O)c1ccc(C(=O)O)cc1. The summed E-state index contributed by atoms with van der Waals surface area (Å²) in [5.74, 6) is -0.429. The summed E-state index contributed by atoms with van der Waals surface area (Å²) in [5.41, 5.74) is 0.791. The molecule has 2 unspecified atom stereocenters. The first-order valence-corrected chi connectivity index (χ1v) is 7.69. The maximum atomic E-state index is 12.6. The van der Waals surface area contributed by atoms with Crippen molar-refractivity contribution in [2.24, 2.45) is 5.92 Å². The fourth-order valence-electron chi connectivity index (χ4n) is 3.21. The predicted octanol–water partition coefficient (Wildman–Crippen LogP) is 3.43. The molecule has 1 aliphatic heterocycles. The number of carbonyl (C=O) groups is 2. The van der Waals surface area contributed by atoms with Crippen LogP contribution in [-0.4, -0.2) is 34.5 Å². The van der Waals surface area contributed by atoms with Crippen molar-refractivity contribution >= 4 is 11.9 Å². The van der Waals surface area contributed by atoms with Gasteiger partial charge in [0.1, 0.15) is 0 Å². The highest BCUT2D eigenvalue weighted by Crippen LogP contribution is 2.28. The van der Waals surface area contributed by atoms with Crippen LogP contribution in [0.3, 0.4) is 0 Å². The van der Waals surface area contributed by atoms with E-state index < -0.39 is 5.97 Å². The van der Waals surface area contributed by atoms with E-state index in [1.807, 2.05) is 4.90 Å². The maximum absolute atomic E-state index is 12.6. The van der Waals surface area contributed by atoms with Gasteiger partial charge in [0.15, 0.2) is 0 Å². The first kappa shape index (κ1) is 15.5. The Morgan fingerprint density at radius 2 is 1.90 bits per heavy atom. The van der Waals surface area contributed by atoms with Crippen LogP contribution in [0.1, 0.15) is 60.2 Å². The number of hydrogen-bond acceptors (Lipinski definition) is 2. The third-order valence-electron chi connectivity index (χ3n) is 4.34. The molecule has 4 heteroatoms. The molecule has 1 N–H and O–H groups in total. The lowest BCUT2D eigenvalue weighted by atomic mass is 9.94. The van der Waals surface area contributed by atoms with Gasteiger partial charge < -0.3 is 10.0 Å². The van der Waals surface area contributed by atoms with E-state index in [1.54, 1.807) is 12.1 Å². The summed E-state index contributed by atoms with van der Waals surface area (Å²) >= 11 is 0. The van der Waals surface area contributed by atoms with Crippen molar-refractivity contribution < 1.29 is 14.7 Å². The second-order valence-corrected chi connectivity index (χ2v) is 5.86. The molecule has 114 valence electrons. The first-order valence-electron chi connectivity index (χ1n) is 7.69. The van der Waals surface area contributed by atoms with Crippen LogP contribution in [0.5, 0.6) is 0 Å². The average molecular weight is 289 g/mol. The standard InChI is InChI=1S/C17H23NO3/c1-3-5-12(2)15-6-4-11-18(15)16(19)13-7-9-14(10-8-13)17(20)21/h7-10,12,15H,3-6,11H2,1-2H3,(H,20,21). The van der Waals surface area contributed by atoms with Crippen LogP contribution in [0, 0.1) is 5.92 Å². The highest BCUT2D eigenvalue weighted by atomic mass is 16.4. The Hall–Kier alpha value is -1.84. The van der Waals surface area contributed by atoms with Gasteiger partial charge in [0.25, 0.3) is 5.91 Å². The molecule has 0 bridgehead atoms. The van der Waals surface area contributed by atoms with Gasteiger partial charge in [0, 0.05) is 18.2 Å². The van der Waals surface area contributed by atoms with Gasteiger partial charge in [-0.3, -0.25) is 4.79 Å². The minimum Gasteiger partial charge on any atom is -0.478 e. The number of carboxylic acid groups (broad SMARTS) is 1. The first-order chi connectivity index (χ1) is 10.0. The van der Waals surface area contributed by atoms with Crippen LogP contribution in [0.4, 0.5) is 0 Å². The fourth-order valence-corrected chi connectivity index (χ4v) is 3.21. The summed E-state index contributed by atoms with van der Waals surface area (Å²) < 4.78 is 0. The normalized spacial score (nSPS) is 19.5. The molecule has 1 aliphatic rings. The molecule has 1 saturated heterocycles. The van der Waals surface area contributed by atoms with Crippen molar-refractivity contribution in [2.75, 3.05) is 6.54 Å². The number of carboxylic acids is 1. The third-order valence-corrected chi connectivity index (χ3v) is 4.34. The zero-order valence-electron chi connectivity index (χ0n) is 12.7. The van der Waals surface area contributed by atoms with Gasteiger partial charge in [-0.15, -0.1) is 0 Å². The Labute approximate surface area is 125 Å². The highest BCUT2D eigenvalue weighted by molar-refractivity contribution is 5.96. The number of amides is 1. The molecule has 0 spiro atoms. The minimum absolute atomic E-state index is 0.0254. The number of carbonyl (C=O) groups excluding carboxylic acids is 1. The zero-order valence-corrected chi connectivity index (χ0v) is 12.7. The quantitative estimate of drug-likeness (QED) is 0.903. The van der Waals surface area contributed by atoms with Crippen molar-refractivity contribution in [2.45, 2.75) is 45.6 Å². The van der Waals surface area contributed by atoms with E-state index in [0.29, 0.717) is 17.5 Å². The highest BCUT2D eigenvalue weighted by Gasteiger charge is 2.32. The van der Waals surface area contributed by atoms with Crippen molar-refractivity contribution in [3.63, 3.8) is 0 Å². The second-order valence-electron chi connectivity index (χ2n) is 5.86. The van der Waals surface area contributed by atoms with Crippen molar-refractivity contribution in [3.8, 4) is 0 Å². The lowest BCUT2D eigenvalue weighted by Crippen LogP contribution is -2.39. The summed E-state index contributed by atoms with van der Waals surface area (Å²) in [4.78, 5) is 25.5. The molecular formula is C17H23NO3. The summed E-state index contributed by atoms with van der Waals surface area (Å²) in [6.07, 6.45) is 4.39. The van der Waals surface area contributed by atoms with Crippen LogP contribution >= 0.6 is 0 Å². The van der Waals surface area contributed by atoms with E-state index in [1.165, 1.54) is 12.1 Å². The summed E-state index contributed by atoms with van der Waals surface area (Å²) in [5, 5.41) is 8.90. The Bertz CT molecular complexity index is 509. The molecule has 4 nitrogen and oxygen atoms in total. The lowest BCUT2D eigenvalue weighted by Gasteiger charge is -2.29. The van der Waals surface area contributed by atoms with Crippen LogP contribution in [0.25, 0.3) is 0 Å². The van der Waals surface area contributed by atoms with Gasteiger partial charge in [-0.2, -0.15) is 0 Å². The van der Waals surface area contributed by atoms with Crippen molar-refractivity contribution in [3.05, 3.63) is 35.4 Å².